The Morgan fingerprint density at radius 1 is 1.24 bits per heavy atom. The number of anilines is 1. The van der Waals surface area contributed by atoms with Gasteiger partial charge in [-0.25, -0.2) is 0 Å². The normalized spacial score (nSPS) is 15.4. The van der Waals surface area contributed by atoms with Gasteiger partial charge in [-0.3, -0.25) is 14.5 Å². The van der Waals surface area contributed by atoms with Crippen molar-refractivity contribution in [1.82, 2.24) is 9.80 Å². The zero-order chi connectivity index (χ0) is 18.4. The molecule has 1 aliphatic heterocycles. The summed E-state index contributed by atoms with van der Waals surface area (Å²) in [6, 6.07) is 6.33. The van der Waals surface area contributed by atoms with Crippen molar-refractivity contribution in [2.24, 2.45) is 0 Å². The second-order valence-electron chi connectivity index (χ2n) is 6.69. The molecule has 0 radical (unpaired) electrons. The third kappa shape index (κ3) is 5.19. The quantitative estimate of drug-likeness (QED) is 0.790. The lowest BCUT2D eigenvalue weighted by molar-refractivity contribution is -0.140. The van der Waals surface area contributed by atoms with Crippen LogP contribution in [-0.2, 0) is 9.59 Å². The molecule has 0 atom stereocenters. The monoisotopic (exact) mass is 347 g/mol. The second kappa shape index (κ2) is 8.85. The van der Waals surface area contributed by atoms with Crippen LogP contribution in [-0.4, -0.2) is 65.5 Å². The number of amides is 1. The van der Waals surface area contributed by atoms with E-state index in [-0.39, 0.29) is 18.5 Å². The van der Waals surface area contributed by atoms with E-state index in [0.717, 1.165) is 36.2 Å². The van der Waals surface area contributed by atoms with Crippen LogP contribution in [0.1, 0.15) is 30.9 Å². The Bertz CT molecular complexity index is 590. The highest BCUT2D eigenvalue weighted by molar-refractivity contribution is 5.81. The van der Waals surface area contributed by atoms with Crippen LogP contribution >= 0.6 is 0 Å². The number of hydrogen-bond donors (Lipinski definition) is 2. The number of benzene rings is 1. The van der Waals surface area contributed by atoms with Crippen LogP contribution in [0.2, 0.25) is 0 Å². The summed E-state index contributed by atoms with van der Waals surface area (Å²) in [5, 5.41) is 12.3. The third-order valence-corrected chi connectivity index (χ3v) is 4.98. The highest BCUT2D eigenvalue weighted by Gasteiger charge is 2.27. The molecule has 138 valence electrons. The minimum Gasteiger partial charge on any atom is -0.480 e. The van der Waals surface area contributed by atoms with Crippen molar-refractivity contribution in [1.29, 1.82) is 0 Å². The number of aliphatic carboxylic acids is 1. The molecule has 6 heteroatoms. The van der Waals surface area contributed by atoms with Gasteiger partial charge in [-0.05, 0) is 44.4 Å². The Morgan fingerprint density at radius 3 is 2.36 bits per heavy atom. The van der Waals surface area contributed by atoms with Gasteiger partial charge >= 0.3 is 5.97 Å². The Labute approximate surface area is 149 Å². The van der Waals surface area contributed by atoms with E-state index in [2.05, 4.69) is 5.32 Å². The summed E-state index contributed by atoms with van der Waals surface area (Å²) in [4.78, 5) is 27.3. The molecule has 6 nitrogen and oxygen atoms in total. The van der Waals surface area contributed by atoms with Crippen LogP contribution in [0.25, 0.3) is 0 Å². The van der Waals surface area contributed by atoms with Crippen molar-refractivity contribution in [2.75, 3.05) is 38.0 Å². The first-order valence-corrected chi connectivity index (χ1v) is 8.96. The largest absolute Gasteiger partial charge is 0.480 e. The van der Waals surface area contributed by atoms with Gasteiger partial charge in [-0.15, -0.1) is 0 Å². The van der Waals surface area contributed by atoms with Crippen LogP contribution in [0.15, 0.2) is 18.2 Å². The van der Waals surface area contributed by atoms with Gasteiger partial charge in [0, 0.05) is 24.8 Å². The van der Waals surface area contributed by atoms with Crippen LogP contribution in [0.5, 0.6) is 0 Å². The van der Waals surface area contributed by atoms with Crippen molar-refractivity contribution in [3.63, 3.8) is 0 Å². The van der Waals surface area contributed by atoms with Gasteiger partial charge in [-0.2, -0.15) is 0 Å². The molecule has 0 aliphatic carbocycles. The van der Waals surface area contributed by atoms with E-state index in [0.29, 0.717) is 19.6 Å². The molecule has 25 heavy (non-hydrogen) atoms. The van der Waals surface area contributed by atoms with Crippen molar-refractivity contribution in [3.8, 4) is 0 Å². The number of nitrogens with zero attached hydrogens (tertiary/aromatic N) is 2. The zero-order valence-electron chi connectivity index (χ0n) is 15.4. The highest BCUT2D eigenvalue weighted by Crippen LogP contribution is 2.20. The van der Waals surface area contributed by atoms with Crippen molar-refractivity contribution in [3.05, 3.63) is 29.3 Å². The third-order valence-electron chi connectivity index (χ3n) is 4.98. The number of likely N-dealkylation sites (N-methyl/N-ethyl adjacent to an activating group) is 1. The molecule has 0 aromatic heterocycles. The molecule has 0 saturated carbocycles. The number of rotatable bonds is 7. The molecule has 2 rings (SSSR count). The number of carboxylic acids is 1. The molecule has 2 N–H and O–H groups in total. The van der Waals surface area contributed by atoms with Gasteiger partial charge in [0.2, 0.25) is 5.91 Å². The second-order valence-corrected chi connectivity index (χ2v) is 6.69. The van der Waals surface area contributed by atoms with Crippen LogP contribution in [0, 0.1) is 13.8 Å². The first-order chi connectivity index (χ1) is 11.9. The predicted octanol–water partition coefficient (Wildman–Crippen LogP) is 2.11. The van der Waals surface area contributed by atoms with Gasteiger partial charge in [0.05, 0.1) is 13.1 Å². The number of piperidine rings is 1. The minimum absolute atomic E-state index is 0.0726. The summed E-state index contributed by atoms with van der Waals surface area (Å²) < 4.78 is 0. The molecule has 1 fully saturated rings. The van der Waals surface area contributed by atoms with Crippen molar-refractivity contribution < 1.29 is 14.7 Å². The minimum atomic E-state index is -0.793. The number of hydrogen-bond acceptors (Lipinski definition) is 4. The van der Waals surface area contributed by atoms with Crippen LogP contribution < -0.4 is 5.32 Å². The van der Waals surface area contributed by atoms with Gasteiger partial charge in [0.25, 0.3) is 0 Å². The number of likely N-dealkylation sites (tertiary alicyclic amines) is 1. The van der Waals surface area contributed by atoms with Gasteiger partial charge in [-0.1, -0.05) is 25.1 Å². The van der Waals surface area contributed by atoms with E-state index in [9.17, 15) is 9.59 Å². The van der Waals surface area contributed by atoms with Crippen LogP contribution in [0.4, 0.5) is 5.69 Å². The molecule has 0 bridgehead atoms. The highest BCUT2D eigenvalue weighted by atomic mass is 16.4. The maximum atomic E-state index is 12.5. The first-order valence-electron chi connectivity index (χ1n) is 8.96. The lowest BCUT2D eigenvalue weighted by Gasteiger charge is -2.37. The van der Waals surface area contributed by atoms with Crippen LogP contribution in [0.3, 0.4) is 0 Å². The summed E-state index contributed by atoms with van der Waals surface area (Å²) in [5.74, 6) is -0.694. The smallest absolute Gasteiger partial charge is 0.317 e. The van der Waals surface area contributed by atoms with E-state index in [1.54, 1.807) is 0 Å². The zero-order valence-corrected chi connectivity index (χ0v) is 15.4. The molecule has 0 spiro atoms. The predicted molar refractivity (Wildman–Crippen MR) is 98.9 cm³/mol. The maximum Gasteiger partial charge on any atom is 0.317 e. The van der Waals surface area contributed by atoms with E-state index in [1.807, 2.05) is 48.8 Å². The number of nitrogens with one attached hydrogen (secondary N) is 1. The molecule has 0 unspecified atom stereocenters. The SMILES string of the molecule is CCN(CC(=O)O)C1CCN(C(=O)CNc2c(C)cccc2C)CC1. The lowest BCUT2D eigenvalue weighted by Crippen LogP contribution is -2.49. The number of aryl methyl sites for hydroxylation is 2. The van der Waals surface area contributed by atoms with Gasteiger partial charge < -0.3 is 15.3 Å². The summed E-state index contributed by atoms with van der Waals surface area (Å²) in [6.07, 6.45) is 1.66. The summed E-state index contributed by atoms with van der Waals surface area (Å²) in [6.45, 7) is 8.52. The molecule has 1 saturated heterocycles. The Morgan fingerprint density at radius 2 is 1.84 bits per heavy atom. The van der Waals surface area contributed by atoms with E-state index >= 15 is 0 Å². The van der Waals surface area contributed by atoms with Gasteiger partial charge in [0.1, 0.15) is 0 Å². The lowest BCUT2D eigenvalue weighted by atomic mass is 10.0. The maximum absolute atomic E-state index is 12.5. The number of carbonyl (C=O) groups excluding carboxylic acids is 1. The van der Waals surface area contributed by atoms with E-state index in [4.69, 9.17) is 5.11 Å². The Balaban J connectivity index is 1.84. The van der Waals surface area contributed by atoms with Gasteiger partial charge in [0.15, 0.2) is 0 Å². The molecule has 1 aromatic rings. The average molecular weight is 347 g/mol. The fourth-order valence-corrected chi connectivity index (χ4v) is 3.52. The molecule has 1 aliphatic rings. The standard InChI is InChI=1S/C19H29N3O3/c1-4-21(13-18(24)25)16-8-10-22(11-9-16)17(23)12-20-19-14(2)6-5-7-15(19)3/h5-7,16,20H,4,8-13H2,1-3H3,(H,24,25). The summed E-state index contributed by atoms with van der Waals surface area (Å²) in [5.41, 5.74) is 3.31. The fourth-order valence-electron chi connectivity index (χ4n) is 3.52. The Kier molecular flexibility index (Phi) is 6.82. The average Bonchev–Trinajstić information content (AvgIpc) is 2.59. The number of para-hydroxylation sites is 1. The number of carboxylic acid groups (broad SMARTS) is 1. The molecular formula is C19H29N3O3. The van der Waals surface area contributed by atoms with E-state index < -0.39 is 5.97 Å². The summed E-state index contributed by atoms with van der Waals surface area (Å²) >= 11 is 0. The fraction of sp³-hybridized carbons (Fsp3) is 0.579. The van der Waals surface area contributed by atoms with E-state index in [1.165, 1.54) is 0 Å². The Hall–Kier alpha value is -2.08. The topological polar surface area (TPSA) is 72.9 Å². The molecular weight excluding hydrogens is 318 g/mol. The first kappa shape index (κ1) is 19.2. The molecule has 1 aromatic carbocycles. The molecule has 1 amide bonds. The molecule has 1 heterocycles. The van der Waals surface area contributed by atoms with Crippen molar-refractivity contribution in [2.45, 2.75) is 39.7 Å². The van der Waals surface area contributed by atoms with Crippen molar-refractivity contribution >= 4 is 17.6 Å². The number of carbonyl (C=O) groups is 2. The summed E-state index contributed by atoms with van der Waals surface area (Å²) in [7, 11) is 0.